The first kappa shape index (κ1) is 38.1. The van der Waals surface area contributed by atoms with Gasteiger partial charge in [-0.15, -0.1) is 11.8 Å². The normalized spacial score (nSPS) is 29.1. The van der Waals surface area contributed by atoms with E-state index in [9.17, 15) is 45.0 Å². The third-order valence-electron chi connectivity index (χ3n) is 8.26. The lowest BCUT2D eigenvalue weighted by Crippen LogP contribution is -2.57. The number of amides is 2. The maximum atomic E-state index is 13.2. The maximum Gasteiger partial charge on any atom is 0.342 e. The van der Waals surface area contributed by atoms with Crippen LogP contribution in [0.3, 0.4) is 0 Å². The number of aliphatic hydroxyl groups is 4. The van der Waals surface area contributed by atoms with Crippen LogP contribution >= 0.6 is 11.8 Å². The van der Waals surface area contributed by atoms with Gasteiger partial charge in [0, 0.05) is 32.0 Å². The van der Waals surface area contributed by atoms with Crippen LogP contribution in [0.1, 0.15) is 54.9 Å². The van der Waals surface area contributed by atoms with Crippen LogP contribution in [0.25, 0.3) is 0 Å². The molecule has 3 aliphatic rings. The van der Waals surface area contributed by atoms with Crippen LogP contribution in [-0.4, -0.2) is 133 Å². The van der Waals surface area contributed by atoms with Crippen molar-refractivity contribution in [1.29, 1.82) is 0 Å². The molecule has 1 aromatic rings. The number of nitrogens with one attached hydrogen (secondary N) is 1. The summed E-state index contributed by atoms with van der Waals surface area (Å²) in [6, 6.07) is 1.80. The Hall–Kier alpha value is -3.67. The van der Waals surface area contributed by atoms with E-state index in [2.05, 4.69) is 10.5 Å². The van der Waals surface area contributed by atoms with Gasteiger partial charge in [0.1, 0.15) is 53.0 Å². The summed E-state index contributed by atoms with van der Waals surface area (Å²) in [6.07, 6.45) is 3.85. The number of likely N-dealkylation sites (tertiary alicyclic amines) is 1. The quantitative estimate of drug-likeness (QED) is 0.111. The number of carbonyl (C=O) groups is 3. The van der Waals surface area contributed by atoms with Crippen molar-refractivity contribution in [2.24, 2.45) is 5.16 Å². The molecule has 0 radical (unpaired) electrons. The van der Waals surface area contributed by atoms with Crippen LogP contribution in [0.5, 0.6) is 11.5 Å². The Morgan fingerprint density at radius 1 is 1.06 bits per heavy atom. The Balaban J connectivity index is 1.50. The van der Waals surface area contributed by atoms with Gasteiger partial charge in [0.2, 0.25) is 5.91 Å². The molecule has 3 heterocycles. The monoisotopic (exact) mass is 707 g/mol. The fourth-order valence-electron chi connectivity index (χ4n) is 5.64. The van der Waals surface area contributed by atoms with Gasteiger partial charge in [-0.25, -0.2) is 4.79 Å². The number of allylic oxidation sites excluding steroid dienone is 1. The van der Waals surface area contributed by atoms with Crippen molar-refractivity contribution in [2.45, 2.75) is 87.4 Å². The number of nitrogens with zero attached hydrogens (tertiary/aromatic N) is 2. The van der Waals surface area contributed by atoms with E-state index >= 15 is 0 Å². The Morgan fingerprint density at radius 3 is 2.55 bits per heavy atom. The zero-order valence-electron chi connectivity index (χ0n) is 27.2. The van der Waals surface area contributed by atoms with Gasteiger partial charge in [0.15, 0.2) is 6.61 Å². The molecule has 0 bridgehead atoms. The number of cyclic esters (lactones) is 1. The van der Waals surface area contributed by atoms with E-state index in [4.69, 9.17) is 14.3 Å². The molecule has 2 fully saturated rings. The van der Waals surface area contributed by atoms with E-state index in [0.717, 1.165) is 37.1 Å². The Bertz CT molecular complexity index is 1400. The summed E-state index contributed by atoms with van der Waals surface area (Å²) in [4.78, 5) is 45.9. The third kappa shape index (κ3) is 10.9. The highest BCUT2D eigenvalue weighted by molar-refractivity contribution is 8.00. The highest BCUT2D eigenvalue weighted by atomic mass is 32.2. The van der Waals surface area contributed by atoms with Crippen molar-refractivity contribution in [2.75, 3.05) is 32.1 Å². The predicted octanol–water partition coefficient (Wildman–Crippen LogP) is 0.495. The van der Waals surface area contributed by atoms with Crippen LogP contribution in [0, 0.1) is 0 Å². The van der Waals surface area contributed by atoms with Crippen LogP contribution in [0.4, 0.5) is 0 Å². The van der Waals surface area contributed by atoms with Gasteiger partial charge in [-0.05, 0) is 50.3 Å². The summed E-state index contributed by atoms with van der Waals surface area (Å²) in [5, 5.41) is 67.6. The average Bonchev–Trinajstić information content (AvgIpc) is 3.06. The number of benzene rings is 1. The highest BCUT2D eigenvalue weighted by Crippen LogP contribution is 2.30. The van der Waals surface area contributed by atoms with Gasteiger partial charge in [0.05, 0.1) is 24.1 Å². The van der Waals surface area contributed by atoms with E-state index in [1.807, 2.05) is 0 Å². The van der Waals surface area contributed by atoms with Crippen molar-refractivity contribution in [3.8, 4) is 11.5 Å². The number of aromatic hydroxyl groups is 2. The number of hydrogen-bond acceptors (Lipinski definition) is 14. The van der Waals surface area contributed by atoms with Gasteiger partial charge in [-0.2, -0.15) is 0 Å². The molecule has 2 unspecified atom stereocenters. The molecule has 0 spiro atoms. The summed E-state index contributed by atoms with van der Waals surface area (Å²) >= 11 is 0.900. The highest BCUT2D eigenvalue weighted by Gasteiger charge is 2.43. The molecule has 7 atom stereocenters. The number of hydrogen-bond donors (Lipinski definition) is 7. The second-order valence-electron chi connectivity index (χ2n) is 12.2. The van der Waals surface area contributed by atoms with Crippen molar-refractivity contribution in [1.82, 2.24) is 10.2 Å². The van der Waals surface area contributed by atoms with Gasteiger partial charge in [-0.3, -0.25) is 9.59 Å². The number of phenols is 2. The second kappa shape index (κ2) is 18.4. The van der Waals surface area contributed by atoms with E-state index in [-0.39, 0.29) is 60.1 Å². The van der Waals surface area contributed by atoms with Gasteiger partial charge < -0.3 is 55.2 Å². The number of carbonyl (C=O) groups excluding carboxylic acids is 3. The molecule has 4 rings (SSSR count). The second-order valence-corrected chi connectivity index (χ2v) is 13.3. The summed E-state index contributed by atoms with van der Waals surface area (Å²) in [6.45, 7) is 2.07. The molecule has 0 aliphatic carbocycles. The first-order valence-corrected chi connectivity index (χ1v) is 17.3. The largest absolute Gasteiger partial charge is 0.508 e. The number of rotatable bonds is 8. The van der Waals surface area contributed by atoms with Crippen LogP contribution in [0.15, 0.2) is 41.6 Å². The third-order valence-corrected chi connectivity index (χ3v) is 9.40. The lowest BCUT2D eigenvalue weighted by molar-refractivity contribution is -0.205. The lowest BCUT2D eigenvalue weighted by atomic mass is 9.99. The smallest absolute Gasteiger partial charge is 0.342 e. The fourth-order valence-corrected chi connectivity index (χ4v) is 6.62. The fraction of sp³-hybridized carbons (Fsp3) is 0.576. The Morgan fingerprint density at radius 2 is 1.82 bits per heavy atom. The molecule has 2 amide bonds. The zero-order valence-corrected chi connectivity index (χ0v) is 28.0. The molecule has 16 heteroatoms. The molecule has 3 aliphatic heterocycles. The number of ether oxygens (including phenoxy) is 2. The molecular formula is C33H45N3O12S. The average molecular weight is 708 g/mol. The van der Waals surface area contributed by atoms with Crippen LogP contribution < -0.4 is 5.32 Å². The molecule has 0 saturated carbocycles. The minimum atomic E-state index is -1.56. The molecule has 0 aromatic heterocycles. The zero-order chi connectivity index (χ0) is 35.5. The van der Waals surface area contributed by atoms with Gasteiger partial charge in [-0.1, -0.05) is 23.4 Å². The Kier molecular flexibility index (Phi) is 14.3. The van der Waals surface area contributed by atoms with Gasteiger partial charge >= 0.3 is 5.97 Å². The topological polar surface area (TPSA) is 228 Å². The molecule has 1 aromatic carbocycles. The van der Waals surface area contributed by atoms with Crippen molar-refractivity contribution >= 4 is 35.3 Å². The number of phenolic OH excluding ortho intramolecular Hbond substituents is 2. The number of aliphatic hydroxyl groups excluding tert-OH is 4. The lowest BCUT2D eigenvalue weighted by Gasteiger charge is -2.39. The summed E-state index contributed by atoms with van der Waals surface area (Å²) < 4.78 is 11.0. The summed E-state index contributed by atoms with van der Waals surface area (Å²) in [5.41, 5.74) is -0.744. The predicted molar refractivity (Wildman–Crippen MR) is 178 cm³/mol. The first-order chi connectivity index (χ1) is 23.5. The minimum absolute atomic E-state index is 0.0855. The van der Waals surface area contributed by atoms with Crippen LogP contribution in [0.2, 0.25) is 0 Å². The summed E-state index contributed by atoms with van der Waals surface area (Å²) in [5.74, 6) is -2.39. The molecule has 270 valence electrons. The SMILES string of the molecule is C[C@@H]1CC=C[C@@H](NC(=O)CS[C@H]2OC(CO)[C@H](O)C(O)[C@H]2O)CC=CC(=NOCC(=O)N2CCCCC2)Cc2cc(O)cc(O)c2C(=O)O1. The van der Waals surface area contributed by atoms with Crippen LogP contribution in [-0.2, 0) is 30.3 Å². The molecule has 2 saturated heterocycles. The van der Waals surface area contributed by atoms with E-state index in [1.165, 1.54) is 6.07 Å². The van der Waals surface area contributed by atoms with E-state index < -0.39 is 66.2 Å². The number of fused-ring (bicyclic) bond motifs is 1. The number of thioether (sulfide) groups is 1. The standard InChI is InChI=1S/C33H45N3O12S/c1-19-7-5-8-21(34-26(40)18-49-33-31(44)30(43)29(42)25(16-37)48-33)9-6-10-22(35-46-17-27(41)36-11-3-2-4-12-36)13-20-14-23(38)15-24(39)28(20)32(45)47-19/h5-6,8,10,14-15,19,21,25,29-31,33,37-39,42-44H,2-4,7,9,11-13,16-18H2,1H3,(H,34,40)/t19-,21-,25?,29+,30?,31-,33-/m1/s1. The minimum Gasteiger partial charge on any atom is -0.508 e. The number of oxime groups is 1. The van der Waals surface area contributed by atoms with Crippen molar-refractivity contribution in [3.63, 3.8) is 0 Å². The van der Waals surface area contributed by atoms with Crippen molar-refractivity contribution in [3.05, 3.63) is 47.6 Å². The van der Waals surface area contributed by atoms with E-state index in [1.54, 1.807) is 36.1 Å². The Labute approximate surface area is 288 Å². The molecule has 7 N–H and O–H groups in total. The molecular weight excluding hydrogens is 662 g/mol. The summed E-state index contributed by atoms with van der Waals surface area (Å²) in [7, 11) is 0. The van der Waals surface area contributed by atoms with E-state index in [0.29, 0.717) is 13.1 Å². The first-order valence-electron chi connectivity index (χ1n) is 16.2. The maximum absolute atomic E-state index is 13.2. The molecule has 15 nitrogen and oxygen atoms in total. The van der Waals surface area contributed by atoms with Crippen molar-refractivity contribution < 1.29 is 59.3 Å². The number of piperidine rings is 1. The number of esters is 1. The van der Waals surface area contributed by atoms with Gasteiger partial charge in [0.25, 0.3) is 5.91 Å². The molecule has 49 heavy (non-hydrogen) atoms.